The van der Waals surface area contributed by atoms with E-state index in [9.17, 15) is 4.79 Å². The Kier molecular flexibility index (Phi) is 5.46. The van der Waals surface area contributed by atoms with Gasteiger partial charge in [0.05, 0.1) is 23.7 Å². The van der Waals surface area contributed by atoms with E-state index in [0.29, 0.717) is 13.2 Å². The van der Waals surface area contributed by atoms with Gasteiger partial charge in [-0.05, 0) is 12.5 Å². The van der Waals surface area contributed by atoms with Crippen LogP contribution in [0.25, 0.3) is 0 Å². The lowest BCUT2D eigenvalue weighted by atomic mass is 10.2. The number of fused-ring (bicyclic) bond motifs is 1. The Balaban J connectivity index is 1.94. The van der Waals surface area contributed by atoms with Crippen LogP contribution < -0.4 is 5.56 Å². The first kappa shape index (κ1) is 16.6. The number of rotatable bonds is 6. The molecular weight excluding hydrogens is 328 g/mol. The third kappa shape index (κ3) is 3.65. The molecule has 122 valence electrons. The summed E-state index contributed by atoms with van der Waals surface area (Å²) in [4.78, 5) is 18.3. The highest BCUT2D eigenvalue weighted by Crippen LogP contribution is 2.35. The van der Waals surface area contributed by atoms with Crippen molar-refractivity contribution in [3.63, 3.8) is 0 Å². The van der Waals surface area contributed by atoms with Crippen molar-refractivity contribution in [1.82, 2.24) is 9.55 Å². The maximum atomic E-state index is 12.7. The molecule has 1 aromatic heterocycles. The summed E-state index contributed by atoms with van der Waals surface area (Å²) in [7, 11) is 1.65. The molecule has 0 saturated heterocycles. The van der Waals surface area contributed by atoms with E-state index in [0.717, 1.165) is 27.9 Å². The third-order valence-corrected chi connectivity index (χ3v) is 6.07. The fourth-order valence-electron chi connectivity index (χ4n) is 2.54. The Morgan fingerprint density at radius 3 is 2.91 bits per heavy atom. The van der Waals surface area contributed by atoms with E-state index < -0.39 is 0 Å². The van der Waals surface area contributed by atoms with Crippen LogP contribution in [0.1, 0.15) is 23.4 Å². The van der Waals surface area contributed by atoms with E-state index in [4.69, 9.17) is 9.72 Å². The van der Waals surface area contributed by atoms with Crippen LogP contribution in [-0.2, 0) is 17.7 Å². The van der Waals surface area contributed by atoms with Crippen LogP contribution in [0.15, 0.2) is 45.2 Å². The predicted octanol–water partition coefficient (Wildman–Crippen LogP) is 3.39. The molecule has 1 aliphatic heterocycles. The quantitative estimate of drug-likeness (QED) is 0.591. The largest absolute Gasteiger partial charge is 0.383 e. The van der Waals surface area contributed by atoms with Gasteiger partial charge in [-0.3, -0.25) is 9.36 Å². The average molecular weight is 348 g/mol. The first-order valence-electron chi connectivity index (χ1n) is 7.67. The second-order valence-electron chi connectivity index (χ2n) is 5.39. The van der Waals surface area contributed by atoms with Gasteiger partial charge in [-0.15, -0.1) is 11.8 Å². The standard InChI is InChI=1S/C17H20N2O2S2/c1-12(13-6-4-3-5-7-13)23-17-18-14-8-11-22-15(14)16(20)19(17)9-10-21-2/h3-7,12H,8-11H2,1-2H3/t12-/m1/s1. The van der Waals surface area contributed by atoms with Crippen LogP contribution in [0.4, 0.5) is 0 Å². The number of thioether (sulfide) groups is 2. The second kappa shape index (κ2) is 7.55. The SMILES string of the molecule is COCCn1c(S[C@H](C)c2ccccc2)nc2c(c1=O)SCC2. The Hall–Kier alpha value is -1.24. The molecule has 1 aromatic carbocycles. The van der Waals surface area contributed by atoms with E-state index >= 15 is 0 Å². The molecule has 23 heavy (non-hydrogen) atoms. The summed E-state index contributed by atoms with van der Waals surface area (Å²) in [6, 6.07) is 10.3. The van der Waals surface area contributed by atoms with Gasteiger partial charge in [0.25, 0.3) is 5.56 Å². The number of methoxy groups -OCH3 is 1. The van der Waals surface area contributed by atoms with Gasteiger partial charge in [0, 0.05) is 24.5 Å². The number of hydrogen-bond donors (Lipinski definition) is 0. The number of nitrogens with zero attached hydrogens (tertiary/aromatic N) is 2. The number of hydrogen-bond acceptors (Lipinski definition) is 5. The molecule has 0 saturated carbocycles. The maximum Gasteiger partial charge on any atom is 0.268 e. The molecule has 2 heterocycles. The number of benzene rings is 1. The normalized spacial score (nSPS) is 14.7. The van der Waals surface area contributed by atoms with Gasteiger partial charge in [-0.25, -0.2) is 4.98 Å². The summed E-state index contributed by atoms with van der Waals surface area (Å²) >= 11 is 3.26. The van der Waals surface area contributed by atoms with Crippen LogP contribution in [-0.4, -0.2) is 29.0 Å². The minimum atomic E-state index is 0.0808. The van der Waals surface area contributed by atoms with Crippen molar-refractivity contribution < 1.29 is 4.74 Å². The van der Waals surface area contributed by atoms with Gasteiger partial charge in [0.15, 0.2) is 5.16 Å². The van der Waals surface area contributed by atoms with Crippen LogP contribution in [0.3, 0.4) is 0 Å². The van der Waals surface area contributed by atoms with E-state index in [-0.39, 0.29) is 10.8 Å². The molecule has 0 radical (unpaired) electrons. The summed E-state index contributed by atoms with van der Waals surface area (Å²) in [5.74, 6) is 0.949. The van der Waals surface area contributed by atoms with E-state index in [2.05, 4.69) is 19.1 Å². The molecule has 0 amide bonds. The van der Waals surface area contributed by atoms with E-state index in [1.807, 2.05) is 18.2 Å². The molecule has 6 heteroatoms. The van der Waals surface area contributed by atoms with Gasteiger partial charge in [-0.1, -0.05) is 42.1 Å². The second-order valence-corrected chi connectivity index (χ2v) is 7.80. The summed E-state index contributed by atoms with van der Waals surface area (Å²) in [5.41, 5.74) is 2.27. The van der Waals surface area contributed by atoms with Crippen molar-refractivity contribution in [3.8, 4) is 0 Å². The highest BCUT2D eigenvalue weighted by molar-refractivity contribution is 7.99. The van der Waals surface area contributed by atoms with Gasteiger partial charge in [0.2, 0.25) is 0 Å². The fraction of sp³-hybridized carbons (Fsp3) is 0.412. The van der Waals surface area contributed by atoms with E-state index in [1.165, 1.54) is 5.56 Å². The molecule has 4 nitrogen and oxygen atoms in total. The predicted molar refractivity (Wildman–Crippen MR) is 95.5 cm³/mol. The molecule has 0 N–H and O–H groups in total. The molecule has 0 aliphatic carbocycles. The zero-order chi connectivity index (χ0) is 16.2. The Labute approximate surface area is 144 Å². The Morgan fingerprint density at radius 1 is 1.39 bits per heavy atom. The van der Waals surface area contributed by atoms with Crippen LogP contribution in [0.2, 0.25) is 0 Å². The zero-order valence-corrected chi connectivity index (χ0v) is 15.0. The molecule has 0 fully saturated rings. The van der Waals surface area contributed by atoms with Gasteiger partial charge >= 0.3 is 0 Å². The molecule has 2 aromatic rings. The molecular formula is C17H20N2O2S2. The number of aromatic nitrogens is 2. The molecule has 1 atom stereocenters. The molecule has 0 bridgehead atoms. The maximum absolute atomic E-state index is 12.7. The van der Waals surface area contributed by atoms with Crippen LogP contribution in [0, 0.1) is 0 Å². The summed E-state index contributed by atoms with van der Waals surface area (Å²) in [6.07, 6.45) is 0.883. The summed E-state index contributed by atoms with van der Waals surface area (Å²) < 4.78 is 6.93. The first-order chi connectivity index (χ1) is 11.2. The number of ether oxygens (including phenoxy) is 1. The highest BCUT2D eigenvalue weighted by Gasteiger charge is 2.22. The van der Waals surface area contributed by atoms with Crippen molar-refractivity contribution >= 4 is 23.5 Å². The van der Waals surface area contributed by atoms with Crippen LogP contribution in [0.5, 0.6) is 0 Å². The minimum Gasteiger partial charge on any atom is -0.383 e. The Bertz CT molecular complexity index is 731. The Morgan fingerprint density at radius 2 is 2.17 bits per heavy atom. The smallest absolute Gasteiger partial charge is 0.268 e. The van der Waals surface area contributed by atoms with Crippen molar-refractivity contribution in [2.75, 3.05) is 19.5 Å². The number of aryl methyl sites for hydroxylation is 1. The third-order valence-electron chi connectivity index (χ3n) is 3.82. The van der Waals surface area contributed by atoms with Crippen molar-refractivity contribution in [2.24, 2.45) is 0 Å². The monoisotopic (exact) mass is 348 g/mol. The van der Waals surface area contributed by atoms with Crippen LogP contribution >= 0.6 is 23.5 Å². The highest BCUT2D eigenvalue weighted by atomic mass is 32.2. The minimum absolute atomic E-state index is 0.0808. The van der Waals surface area contributed by atoms with Gasteiger partial charge in [-0.2, -0.15) is 0 Å². The molecule has 0 spiro atoms. The van der Waals surface area contributed by atoms with E-state index in [1.54, 1.807) is 35.2 Å². The fourth-order valence-corrected chi connectivity index (χ4v) is 4.66. The van der Waals surface area contributed by atoms with Crippen molar-refractivity contribution in [3.05, 3.63) is 51.9 Å². The van der Waals surface area contributed by atoms with Gasteiger partial charge in [0.1, 0.15) is 0 Å². The average Bonchev–Trinajstić information content (AvgIpc) is 3.04. The van der Waals surface area contributed by atoms with Crippen molar-refractivity contribution in [1.29, 1.82) is 0 Å². The molecule has 1 aliphatic rings. The first-order valence-corrected chi connectivity index (χ1v) is 9.54. The lowest BCUT2D eigenvalue weighted by Crippen LogP contribution is -2.27. The lowest BCUT2D eigenvalue weighted by molar-refractivity contribution is 0.182. The van der Waals surface area contributed by atoms with Crippen molar-refractivity contribution in [2.45, 2.75) is 35.2 Å². The lowest BCUT2D eigenvalue weighted by Gasteiger charge is -2.16. The summed E-state index contributed by atoms with van der Waals surface area (Å²) in [5, 5.41) is 1.04. The zero-order valence-electron chi connectivity index (χ0n) is 13.3. The molecule has 3 rings (SSSR count). The topological polar surface area (TPSA) is 44.1 Å². The summed E-state index contributed by atoms with van der Waals surface area (Å²) in [6.45, 7) is 3.20. The van der Waals surface area contributed by atoms with Gasteiger partial charge < -0.3 is 4.74 Å². The molecule has 0 unspecified atom stereocenters.